The molecule has 0 aliphatic carbocycles. The van der Waals surface area contributed by atoms with Gasteiger partial charge in [-0.15, -0.1) is 0 Å². The first-order chi connectivity index (χ1) is 15.4. The summed E-state index contributed by atoms with van der Waals surface area (Å²) < 4.78 is 20.8. The Morgan fingerprint density at radius 2 is 1.41 bits per heavy atom. The van der Waals surface area contributed by atoms with Gasteiger partial charge in [-0.1, -0.05) is 13.2 Å². The molecule has 0 fully saturated rings. The molecule has 0 radical (unpaired) electrons. The molecule has 8 heteroatoms. The van der Waals surface area contributed by atoms with Crippen molar-refractivity contribution in [1.29, 1.82) is 0 Å². The number of hydrogen-bond donors (Lipinski definition) is 1. The molecule has 2 rings (SSSR count). The Morgan fingerprint density at radius 1 is 0.844 bits per heavy atom. The Hall–Kier alpha value is -3.91. The van der Waals surface area contributed by atoms with Gasteiger partial charge in [0.25, 0.3) is 0 Å². The first-order valence-corrected chi connectivity index (χ1v) is 9.78. The molecule has 8 nitrogen and oxygen atoms in total. The summed E-state index contributed by atoms with van der Waals surface area (Å²) in [6, 6.07) is 12.5. The summed E-state index contributed by atoms with van der Waals surface area (Å²) in [6.07, 6.45) is 2.30. The topological polar surface area (TPSA) is 108 Å². The third-order valence-electron chi connectivity index (χ3n) is 4.03. The zero-order valence-electron chi connectivity index (χ0n) is 17.5. The minimum atomic E-state index is -0.608. The standard InChI is InChI=1S/C24H24O8/c1-3-22(26)31-20-10-12-21(13-11-20)32-24(28)18-6-8-19(9-7-18)29-14-4-5-15-30-23(27)17(2)16-25/h3,6-13,25H,1-2,4-5,14-16H2. The number of carbonyl (C=O) groups excluding carboxylic acids is 3. The molecule has 0 spiro atoms. The van der Waals surface area contributed by atoms with Crippen molar-refractivity contribution < 1.29 is 38.4 Å². The average molecular weight is 440 g/mol. The highest BCUT2D eigenvalue weighted by atomic mass is 16.5. The van der Waals surface area contributed by atoms with Crippen LogP contribution in [-0.2, 0) is 14.3 Å². The van der Waals surface area contributed by atoms with Crippen LogP contribution in [-0.4, -0.2) is 42.8 Å². The van der Waals surface area contributed by atoms with Gasteiger partial charge in [-0.05, 0) is 61.4 Å². The number of hydrogen-bond acceptors (Lipinski definition) is 8. The van der Waals surface area contributed by atoms with E-state index in [0.29, 0.717) is 42.3 Å². The monoisotopic (exact) mass is 440 g/mol. The second-order valence-corrected chi connectivity index (χ2v) is 6.46. The van der Waals surface area contributed by atoms with Crippen LogP contribution in [0.2, 0.25) is 0 Å². The van der Waals surface area contributed by atoms with E-state index in [1.54, 1.807) is 24.3 Å². The van der Waals surface area contributed by atoms with Crippen molar-refractivity contribution >= 4 is 17.9 Å². The van der Waals surface area contributed by atoms with Crippen LogP contribution in [0, 0.1) is 0 Å². The van der Waals surface area contributed by atoms with Crippen molar-refractivity contribution in [2.24, 2.45) is 0 Å². The minimum absolute atomic E-state index is 0.0194. The molecule has 0 aromatic heterocycles. The summed E-state index contributed by atoms with van der Waals surface area (Å²) in [6.45, 7) is 6.90. The number of benzene rings is 2. The van der Waals surface area contributed by atoms with Gasteiger partial charge < -0.3 is 24.1 Å². The highest BCUT2D eigenvalue weighted by Gasteiger charge is 2.10. The summed E-state index contributed by atoms with van der Waals surface area (Å²) in [4.78, 5) is 34.8. The fourth-order valence-electron chi connectivity index (χ4n) is 2.31. The predicted molar refractivity (Wildman–Crippen MR) is 116 cm³/mol. The van der Waals surface area contributed by atoms with Crippen LogP contribution in [0.1, 0.15) is 23.2 Å². The fourth-order valence-corrected chi connectivity index (χ4v) is 2.31. The lowest BCUT2D eigenvalue weighted by atomic mass is 10.2. The average Bonchev–Trinajstić information content (AvgIpc) is 2.82. The van der Waals surface area contributed by atoms with Gasteiger partial charge in [0.05, 0.1) is 31.0 Å². The first-order valence-electron chi connectivity index (χ1n) is 9.78. The van der Waals surface area contributed by atoms with E-state index in [1.807, 2.05) is 0 Å². The Labute approximate surface area is 185 Å². The van der Waals surface area contributed by atoms with Gasteiger partial charge in [0.2, 0.25) is 0 Å². The van der Waals surface area contributed by atoms with Crippen LogP contribution in [0.5, 0.6) is 17.2 Å². The van der Waals surface area contributed by atoms with Crippen LogP contribution in [0.15, 0.2) is 73.3 Å². The predicted octanol–water partition coefficient (Wildman–Crippen LogP) is 3.25. The van der Waals surface area contributed by atoms with Crippen molar-refractivity contribution in [2.45, 2.75) is 12.8 Å². The molecule has 0 amide bonds. The van der Waals surface area contributed by atoms with E-state index in [0.717, 1.165) is 6.08 Å². The molecule has 32 heavy (non-hydrogen) atoms. The molecule has 0 unspecified atom stereocenters. The lowest BCUT2D eigenvalue weighted by Crippen LogP contribution is -2.11. The van der Waals surface area contributed by atoms with Crippen molar-refractivity contribution in [3.8, 4) is 17.2 Å². The van der Waals surface area contributed by atoms with Crippen LogP contribution >= 0.6 is 0 Å². The maximum atomic E-state index is 12.3. The second kappa shape index (κ2) is 12.7. The Morgan fingerprint density at radius 3 is 2.00 bits per heavy atom. The molecule has 168 valence electrons. The van der Waals surface area contributed by atoms with Crippen molar-refractivity contribution in [3.63, 3.8) is 0 Å². The van der Waals surface area contributed by atoms with E-state index in [2.05, 4.69) is 13.2 Å². The highest BCUT2D eigenvalue weighted by molar-refractivity contribution is 5.91. The molecule has 1 N–H and O–H groups in total. The Bertz CT molecular complexity index is 945. The van der Waals surface area contributed by atoms with Crippen LogP contribution in [0.3, 0.4) is 0 Å². The molecule has 0 aliphatic rings. The number of carbonyl (C=O) groups is 3. The Kier molecular flexibility index (Phi) is 9.68. The third-order valence-corrected chi connectivity index (χ3v) is 4.03. The minimum Gasteiger partial charge on any atom is -0.494 e. The molecule has 0 aliphatic heterocycles. The fraction of sp³-hybridized carbons (Fsp3) is 0.208. The quantitative estimate of drug-likeness (QED) is 0.232. The smallest absolute Gasteiger partial charge is 0.343 e. The summed E-state index contributed by atoms with van der Waals surface area (Å²) in [7, 11) is 0. The molecule has 2 aromatic rings. The summed E-state index contributed by atoms with van der Waals surface area (Å²) in [5.74, 6) is -0.533. The molecular weight excluding hydrogens is 416 g/mol. The molecular formula is C24H24O8. The zero-order chi connectivity index (χ0) is 23.3. The molecule has 0 saturated carbocycles. The largest absolute Gasteiger partial charge is 0.494 e. The third kappa shape index (κ3) is 8.08. The normalized spacial score (nSPS) is 10.0. The van der Waals surface area contributed by atoms with Crippen molar-refractivity contribution in [3.05, 3.63) is 78.9 Å². The van der Waals surface area contributed by atoms with Gasteiger partial charge in [-0.25, -0.2) is 14.4 Å². The van der Waals surface area contributed by atoms with E-state index < -0.39 is 24.5 Å². The van der Waals surface area contributed by atoms with Gasteiger partial charge in [0, 0.05) is 6.08 Å². The van der Waals surface area contributed by atoms with E-state index >= 15 is 0 Å². The number of ether oxygens (including phenoxy) is 4. The van der Waals surface area contributed by atoms with Crippen LogP contribution in [0.25, 0.3) is 0 Å². The molecule has 0 saturated heterocycles. The SMILES string of the molecule is C=CC(=O)Oc1ccc(OC(=O)c2ccc(OCCCCOC(=O)C(=C)CO)cc2)cc1. The number of rotatable bonds is 12. The molecule has 0 heterocycles. The Balaban J connectivity index is 1.73. The second-order valence-electron chi connectivity index (χ2n) is 6.46. The summed E-state index contributed by atoms with van der Waals surface area (Å²) in [5.41, 5.74) is 0.362. The van der Waals surface area contributed by atoms with E-state index in [1.165, 1.54) is 24.3 Å². The van der Waals surface area contributed by atoms with Crippen molar-refractivity contribution in [1.82, 2.24) is 0 Å². The van der Waals surface area contributed by atoms with Crippen molar-refractivity contribution in [2.75, 3.05) is 19.8 Å². The lowest BCUT2D eigenvalue weighted by molar-refractivity contribution is -0.139. The zero-order valence-corrected chi connectivity index (χ0v) is 17.5. The number of esters is 3. The van der Waals surface area contributed by atoms with Gasteiger partial charge in [-0.2, -0.15) is 0 Å². The van der Waals surface area contributed by atoms with E-state index in [4.69, 9.17) is 24.1 Å². The first kappa shape index (κ1) is 24.4. The molecule has 0 bridgehead atoms. The highest BCUT2D eigenvalue weighted by Crippen LogP contribution is 2.20. The van der Waals surface area contributed by atoms with E-state index in [-0.39, 0.29) is 12.2 Å². The number of aliphatic hydroxyl groups is 1. The van der Waals surface area contributed by atoms with Gasteiger partial charge in [0.1, 0.15) is 17.2 Å². The van der Waals surface area contributed by atoms with Gasteiger partial charge >= 0.3 is 17.9 Å². The molecule has 2 aromatic carbocycles. The van der Waals surface area contributed by atoms with Gasteiger partial charge in [-0.3, -0.25) is 0 Å². The summed E-state index contributed by atoms with van der Waals surface area (Å²) >= 11 is 0. The molecule has 0 atom stereocenters. The number of unbranched alkanes of at least 4 members (excludes halogenated alkanes) is 1. The van der Waals surface area contributed by atoms with Crippen LogP contribution in [0.4, 0.5) is 0 Å². The van der Waals surface area contributed by atoms with Crippen LogP contribution < -0.4 is 14.2 Å². The summed E-state index contributed by atoms with van der Waals surface area (Å²) in [5, 5.41) is 8.78. The van der Waals surface area contributed by atoms with Gasteiger partial charge in [0.15, 0.2) is 0 Å². The maximum absolute atomic E-state index is 12.3. The maximum Gasteiger partial charge on any atom is 0.343 e. The number of aliphatic hydroxyl groups excluding tert-OH is 1. The lowest BCUT2D eigenvalue weighted by Gasteiger charge is -2.08. The van der Waals surface area contributed by atoms with E-state index in [9.17, 15) is 14.4 Å².